The summed E-state index contributed by atoms with van der Waals surface area (Å²) in [6.07, 6.45) is 1.74. The Labute approximate surface area is 175 Å². The van der Waals surface area contributed by atoms with E-state index in [9.17, 15) is 10.1 Å². The maximum Gasteiger partial charge on any atom is 0.353 e. The highest BCUT2D eigenvalue weighted by Crippen LogP contribution is 2.32. The van der Waals surface area contributed by atoms with Gasteiger partial charge in [0.2, 0.25) is 0 Å². The summed E-state index contributed by atoms with van der Waals surface area (Å²) in [5.74, 6) is 0.292. The third kappa shape index (κ3) is 4.04. The number of hydrogen-bond donors (Lipinski definition) is 0. The van der Waals surface area contributed by atoms with Crippen LogP contribution in [0.4, 0.5) is 0 Å². The van der Waals surface area contributed by atoms with E-state index >= 15 is 0 Å². The monoisotopic (exact) mass is 418 g/mol. The number of benzene rings is 2. The van der Waals surface area contributed by atoms with Crippen LogP contribution in [-0.2, 0) is 0 Å². The standard InChI is InChI=1S/C22H14N2O3S2/c1-26-18-12-14(8-9-17(18)27-22(25)20-7-4-10-28-20)11-15(13-23)21-24-16-5-2-3-6-19(16)29-21/h2-12H,1H3/b15-11+. The molecule has 0 radical (unpaired) electrons. The predicted molar refractivity (Wildman–Crippen MR) is 115 cm³/mol. The Balaban J connectivity index is 1.64. The molecule has 0 atom stereocenters. The lowest BCUT2D eigenvalue weighted by Gasteiger charge is -2.09. The predicted octanol–water partition coefficient (Wildman–Crippen LogP) is 5.65. The van der Waals surface area contributed by atoms with Crippen molar-refractivity contribution in [3.05, 3.63) is 75.4 Å². The summed E-state index contributed by atoms with van der Waals surface area (Å²) in [5.41, 5.74) is 2.06. The summed E-state index contributed by atoms with van der Waals surface area (Å²) in [4.78, 5) is 17.2. The van der Waals surface area contributed by atoms with Crippen molar-refractivity contribution < 1.29 is 14.3 Å². The molecule has 4 aromatic rings. The second kappa shape index (κ2) is 8.27. The fourth-order valence-electron chi connectivity index (χ4n) is 2.70. The van der Waals surface area contributed by atoms with Gasteiger partial charge in [0.05, 0.1) is 22.9 Å². The molecule has 0 fully saturated rings. The van der Waals surface area contributed by atoms with E-state index in [2.05, 4.69) is 11.1 Å². The molecular formula is C22H14N2O3S2. The molecule has 2 aromatic carbocycles. The minimum absolute atomic E-state index is 0.321. The molecule has 0 amide bonds. The fourth-order valence-corrected chi connectivity index (χ4v) is 4.23. The number of rotatable bonds is 5. The molecule has 0 saturated carbocycles. The third-order valence-corrected chi connectivity index (χ3v) is 5.99. The zero-order chi connectivity index (χ0) is 20.2. The quantitative estimate of drug-likeness (QED) is 0.238. The van der Waals surface area contributed by atoms with Gasteiger partial charge in [-0.25, -0.2) is 9.78 Å². The molecule has 2 aromatic heterocycles. The molecule has 0 aliphatic rings. The van der Waals surface area contributed by atoms with Crippen LogP contribution < -0.4 is 9.47 Å². The van der Waals surface area contributed by atoms with Gasteiger partial charge in [-0.2, -0.15) is 5.26 Å². The Morgan fingerprint density at radius 3 is 2.72 bits per heavy atom. The summed E-state index contributed by atoms with van der Waals surface area (Å²) in [6.45, 7) is 0. The van der Waals surface area contributed by atoms with Crippen LogP contribution in [-0.4, -0.2) is 18.1 Å². The van der Waals surface area contributed by atoms with Crippen molar-refractivity contribution in [3.63, 3.8) is 0 Å². The van der Waals surface area contributed by atoms with Gasteiger partial charge in [0.25, 0.3) is 0 Å². The number of fused-ring (bicyclic) bond motifs is 1. The van der Waals surface area contributed by atoms with E-state index in [4.69, 9.17) is 9.47 Å². The van der Waals surface area contributed by atoms with E-state index in [1.54, 1.807) is 36.4 Å². The van der Waals surface area contributed by atoms with E-state index in [1.807, 2.05) is 29.6 Å². The minimum atomic E-state index is -0.436. The molecule has 0 unspecified atom stereocenters. The highest BCUT2D eigenvalue weighted by atomic mass is 32.1. The van der Waals surface area contributed by atoms with Crippen LogP contribution in [0.2, 0.25) is 0 Å². The first kappa shape index (κ1) is 18.9. The van der Waals surface area contributed by atoms with E-state index in [0.29, 0.717) is 27.0 Å². The Morgan fingerprint density at radius 2 is 2.00 bits per heavy atom. The lowest BCUT2D eigenvalue weighted by molar-refractivity contribution is 0.0735. The molecular weight excluding hydrogens is 404 g/mol. The SMILES string of the molecule is COc1cc(/C=C(\C#N)c2nc3ccccc3s2)ccc1OC(=O)c1cccs1. The lowest BCUT2D eigenvalue weighted by atomic mass is 10.1. The van der Waals surface area contributed by atoms with Gasteiger partial charge in [0.15, 0.2) is 11.5 Å². The summed E-state index contributed by atoms with van der Waals surface area (Å²) in [6, 6.07) is 18.6. The summed E-state index contributed by atoms with van der Waals surface area (Å²) < 4.78 is 11.8. The molecule has 29 heavy (non-hydrogen) atoms. The van der Waals surface area contributed by atoms with Gasteiger partial charge in [0, 0.05) is 0 Å². The van der Waals surface area contributed by atoms with Crippen LogP contribution >= 0.6 is 22.7 Å². The van der Waals surface area contributed by atoms with Crippen LogP contribution in [0.15, 0.2) is 60.0 Å². The lowest BCUT2D eigenvalue weighted by Crippen LogP contribution is -2.07. The number of para-hydroxylation sites is 1. The first-order valence-corrected chi connectivity index (χ1v) is 10.3. The number of nitrogens with zero attached hydrogens (tertiary/aromatic N) is 2. The highest BCUT2D eigenvalue weighted by Gasteiger charge is 2.14. The van der Waals surface area contributed by atoms with Gasteiger partial charge < -0.3 is 9.47 Å². The Hall–Kier alpha value is -3.47. The van der Waals surface area contributed by atoms with E-state index in [-0.39, 0.29) is 0 Å². The normalized spacial score (nSPS) is 11.2. The Bertz CT molecular complexity index is 1220. The van der Waals surface area contributed by atoms with Crippen molar-refractivity contribution in [3.8, 4) is 17.6 Å². The van der Waals surface area contributed by atoms with Crippen molar-refractivity contribution in [2.24, 2.45) is 0 Å². The van der Waals surface area contributed by atoms with Crippen LogP contribution in [0.3, 0.4) is 0 Å². The summed E-state index contributed by atoms with van der Waals surface area (Å²) in [5, 5.41) is 12.1. The van der Waals surface area contributed by atoms with Crippen molar-refractivity contribution in [1.82, 2.24) is 4.98 Å². The van der Waals surface area contributed by atoms with Gasteiger partial charge in [-0.15, -0.1) is 22.7 Å². The van der Waals surface area contributed by atoms with Crippen molar-refractivity contribution in [2.75, 3.05) is 7.11 Å². The molecule has 0 aliphatic heterocycles. The Kier molecular flexibility index (Phi) is 5.38. The number of hydrogen-bond acceptors (Lipinski definition) is 7. The molecule has 0 N–H and O–H groups in total. The van der Waals surface area contributed by atoms with Crippen molar-refractivity contribution in [1.29, 1.82) is 5.26 Å². The number of allylic oxidation sites excluding steroid dienone is 1. The van der Waals surface area contributed by atoms with E-state index in [0.717, 1.165) is 15.8 Å². The number of thiophene rings is 1. The smallest absolute Gasteiger partial charge is 0.353 e. The van der Waals surface area contributed by atoms with E-state index in [1.165, 1.54) is 29.8 Å². The molecule has 2 heterocycles. The number of methoxy groups -OCH3 is 1. The number of nitriles is 1. The number of carbonyl (C=O) groups excluding carboxylic acids is 1. The second-order valence-electron chi connectivity index (χ2n) is 5.93. The van der Waals surface area contributed by atoms with Crippen LogP contribution in [0.25, 0.3) is 21.9 Å². The van der Waals surface area contributed by atoms with Crippen LogP contribution in [0.1, 0.15) is 20.2 Å². The van der Waals surface area contributed by atoms with Crippen molar-refractivity contribution in [2.45, 2.75) is 0 Å². The van der Waals surface area contributed by atoms with Gasteiger partial charge in [-0.05, 0) is 47.4 Å². The largest absolute Gasteiger partial charge is 0.493 e. The third-order valence-electron chi connectivity index (χ3n) is 4.07. The molecule has 7 heteroatoms. The van der Waals surface area contributed by atoms with Crippen LogP contribution in [0, 0.1) is 11.3 Å². The maximum absolute atomic E-state index is 12.2. The zero-order valence-electron chi connectivity index (χ0n) is 15.3. The van der Waals surface area contributed by atoms with Crippen LogP contribution in [0.5, 0.6) is 11.5 Å². The van der Waals surface area contributed by atoms with Gasteiger partial charge in [-0.3, -0.25) is 0 Å². The molecule has 142 valence electrons. The molecule has 0 aliphatic carbocycles. The maximum atomic E-state index is 12.2. The molecule has 0 spiro atoms. The Morgan fingerprint density at radius 1 is 1.14 bits per heavy atom. The number of esters is 1. The number of aromatic nitrogens is 1. The van der Waals surface area contributed by atoms with Gasteiger partial charge in [-0.1, -0.05) is 24.3 Å². The minimum Gasteiger partial charge on any atom is -0.493 e. The van der Waals surface area contributed by atoms with Crippen molar-refractivity contribution >= 4 is 50.5 Å². The first-order valence-electron chi connectivity index (χ1n) is 8.59. The first-order chi connectivity index (χ1) is 14.2. The second-order valence-corrected chi connectivity index (χ2v) is 7.91. The highest BCUT2D eigenvalue weighted by molar-refractivity contribution is 7.19. The number of ether oxygens (including phenoxy) is 2. The van der Waals surface area contributed by atoms with Gasteiger partial charge in [0.1, 0.15) is 16.0 Å². The zero-order valence-corrected chi connectivity index (χ0v) is 16.9. The number of thiazole rings is 1. The fraction of sp³-hybridized carbons (Fsp3) is 0.0455. The molecule has 0 bridgehead atoms. The molecule has 0 saturated heterocycles. The summed E-state index contributed by atoms with van der Waals surface area (Å²) >= 11 is 2.78. The summed E-state index contributed by atoms with van der Waals surface area (Å²) in [7, 11) is 1.50. The molecule has 5 nitrogen and oxygen atoms in total. The topological polar surface area (TPSA) is 72.2 Å². The number of carbonyl (C=O) groups is 1. The average Bonchev–Trinajstić information content (AvgIpc) is 3.42. The van der Waals surface area contributed by atoms with E-state index < -0.39 is 5.97 Å². The average molecular weight is 418 g/mol. The molecule has 4 rings (SSSR count). The van der Waals surface area contributed by atoms with Gasteiger partial charge >= 0.3 is 5.97 Å².